The van der Waals surface area contributed by atoms with Crippen LogP contribution in [0, 0.1) is 5.92 Å². The Labute approximate surface area is 207 Å². The van der Waals surface area contributed by atoms with Gasteiger partial charge in [0.05, 0.1) is 5.92 Å². The molecule has 0 atom stereocenters. The van der Waals surface area contributed by atoms with E-state index in [4.69, 9.17) is 0 Å². The molecule has 34 heavy (non-hydrogen) atoms. The first-order chi connectivity index (χ1) is 16.8. The Morgan fingerprint density at radius 1 is 0.471 bits per heavy atom. The number of benzene rings is 3. The summed E-state index contributed by atoms with van der Waals surface area (Å²) in [4.78, 5) is 0. The molecule has 3 rings (SSSR count). The van der Waals surface area contributed by atoms with Gasteiger partial charge in [0.15, 0.2) is 0 Å². The Balaban J connectivity index is 2.11. The SMILES string of the molecule is CCCCNc1ccccc1[C](c1ccccc1NCCCC)c1ccccc1NCCCC. The molecule has 3 nitrogen and oxygen atoms in total. The lowest BCUT2D eigenvalue weighted by molar-refractivity contribution is 0.831. The van der Waals surface area contributed by atoms with Crippen molar-refractivity contribution in [3.05, 3.63) is 95.4 Å². The van der Waals surface area contributed by atoms with Gasteiger partial charge in [-0.3, -0.25) is 0 Å². The van der Waals surface area contributed by atoms with Crippen molar-refractivity contribution in [1.29, 1.82) is 0 Å². The monoisotopic (exact) mass is 456 g/mol. The standard InChI is InChI=1S/C31H42N3/c1-4-7-22-32-28-19-13-10-16-25(28)31(26-17-11-14-20-29(26)33-23-8-5-2)27-18-12-15-21-30(27)34-24-9-6-3/h10-21,32-34H,4-9,22-24H2,1-3H3. The van der Waals surface area contributed by atoms with Gasteiger partial charge in [-0.25, -0.2) is 0 Å². The molecule has 0 aliphatic carbocycles. The van der Waals surface area contributed by atoms with Gasteiger partial charge in [-0.05, 0) is 54.2 Å². The molecule has 1 radical (unpaired) electrons. The van der Waals surface area contributed by atoms with E-state index in [1.807, 2.05) is 0 Å². The first-order valence-electron chi connectivity index (χ1n) is 13.2. The molecule has 3 heteroatoms. The Morgan fingerprint density at radius 3 is 1.06 bits per heavy atom. The lowest BCUT2D eigenvalue weighted by atomic mass is 9.82. The van der Waals surface area contributed by atoms with E-state index < -0.39 is 0 Å². The molecule has 3 aromatic carbocycles. The molecule has 0 saturated heterocycles. The molecule has 0 unspecified atom stereocenters. The van der Waals surface area contributed by atoms with Crippen LogP contribution in [0.4, 0.5) is 17.1 Å². The van der Waals surface area contributed by atoms with Crippen LogP contribution in [-0.4, -0.2) is 19.6 Å². The molecule has 0 aromatic heterocycles. The van der Waals surface area contributed by atoms with Gasteiger partial charge in [-0.2, -0.15) is 0 Å². The van der Waals surface area contributed by atoms with Crippen LogP contribution >= 0.6 is 0 Å². The van der Waals surface area contributed by atoms with Crippen molar-refractivity contribution in [2.45, 2.75) is 59.3 Å². The van der Waals surface area contributed by atoms with E-state index in [2.05, 4.69) is 110 Å². The number of hydrogen-bond donors (Lipinski definition) is 3. The van der Waals surface area contributed by atoms with Crippen molar-refractivity contribution in [2.75, 3.05) is 35.6 Å². The van der Waals surface area contributed by atoms with Gasteiger partial charge in [0.1, 0.15) is 0 Å². The van der Waals surface area contributed by atoms with E-state index in [1.165, 1.54) is 58.9 Å². The molecule has 0 aliphatic rings. The topological polar surface area (TPSA) is 36.1 Å². The molecule has 0 saturated carbocycles. The molecule has 0 heterocycles. The summed E-state index contributed by atoms with van der Waals surface area (Å²) in [7, 11) is 0. The minimum Gasteiger partial charge on any atom is -0.385 e. The highest BCUT2D eigenvalue weighted by Gasteiger charge is 2.25. The molecule has 181 valence electrons. The fraction of sp³-hybridized carbons (Fsp3) is 0.387. The highest BCUT2D eigenvalue weighted by Crippen LogP contribution is 2.41. The summed E-state index contributed by atoms with van der Waals surface area (Å²) in [5.74, 6) is 1.26. The summed E-state index contributed by atoms with van der Waals surface area (Å²) < 4.78 is 0. The minimum atomic E-state index is 0.980. The fourth-order valence-electron chi connectivity index (χ4n) is 4.20. The summed E-state index contributed by atoms with van der Waals surface area (Å²) in [5, 5.41) is 11.1. The van der Waals surface area contributed by atoms with E-state index in [-0.39, 0.29) is 0 Å². The first-order valence-corrected chi connectivity index (χ1v) is 13.2. The molecule has 0 amide bonds. The Hall–Kier alpha value is -2.94. The number of para-hydroxylation sites is 3. The number of anilines is 3. The normalized spacial score (nSPS) is 10.9. The van der Waals surface area contributed by atoms with E-state index in [0.29, 0.717) is 0 Å². The third kappa shape index (κ3) is 7.03. The van der Waals surface area contributed by atoms with Crippen molar-refractivity contribution in [3.8, 4) is 0 Å². The maximum absolute atomic E-state index is 3.72. The van der Waals surface area contributed by atoms with Crippen LogP contribution in [0.1, 0.15) is 76.0 Å². The smallest absolute Gasteiger partial charge is 0.0692 e. The van der Waals surface area contributed by atoms with Crippen LogP contribution in [0.5, 0.6) is 0 Å². The zero-order chi connectivity index (χ0) is 24.0. The summed E-state index contributed by atoms with van der Waals surface area (Å²) in [6, 6.07) is 26.3. The predicted molar refractivity (Wildman–Crippen MR) is 150 cm³/mol. The van der Waals surface area contributed by atoms with Crippen molar-refractivity contribution in [3.63, 3.8) is 0 Å². The summed E-state index contributed by atoms with van der Waals surface area (Å²) in [6.07, 6.45) is 7.02. The summed E-state index contributed by atoms with van der Waals surface area (Å²) >= 11 is 0. The molecule has 0 bridgehead atoms. The second-order valence-electron chi connectivity index (χ2n) is 8.85. The van der Waals surface area contributed by atoms with Crippen LogP contribution in [-0.2, 0) is 0 Å². The molecular formula is C31H42N3. The van der Waals surface area contributed by atoms with Gasteiger partial charge in [0, 0.05) is 36.7 Å². The largest absolute Gasteiger partial charge is 0.385 e. The number of hydrogen-bond acceptors (Lipinski definition) is 3. The molecule has 0 aliphatic heterocycles. The second-order valence-corrected chi connectivity index (χ2v) is 8.85. The number of rotatable bonds is 15. The third-order valence-electron chi connectivity index (χ3n) is 6.13. The predicted octanol–water partition coefficient (Wildman–Crippen LogP) is 8.34. The van der Waals surface area contributed by atoms with Crippen LogP contribution in [0.15, 0.2) is 72.8 Å². The summed E-state index contributed by atoms with van der Waals surface area (Å²) in [5.41, 5.74) is 7.31. The van der Waals surface area contributed by atoms with Crippen LogP contribution in [0.25, 0.3) is 0 Å². The average molecular weight is 457 g/mol. The highest BCUT2D eigenvalue weighted by atomic mass is 14.9. The van der Waals surface area contributed by atoms with Crippen molar-refractivity contribution >= 4 is 17.1 Å². The zero-order valence-corrected chi connectivity index (χ0v) is 21.3. The van der Waals surface area contributed by atoms with Crippen LogP contribution in [0.3, 0.4) is 0 Å². The zero-order valence-electron chi connectivity index (χ0n) is 21.3. The quantitative estimate of drug-likeness (QED) is 0.159. The van der Waals surface area contributed by atoms with Crippen LogP contribution in [0.2, 0.25) is 0 Å². The first kappa shape index (κ1) is 25.7. The highest BCUT2D eigenvalue weighted by molar-refractivity contribution is 5.77. The summed E-state index contributed by atoms with van der Waals surface area (Å²) in [6.45, 7) is 9.65. The van der Waals surface area contributed by atoms with Crippen molar-refractivity contribution in [2.24, 2.45) is 0 Å². The van der Waals surface area contributed by atoms with E-state index in [1.54, 1.807) is 0 Å². The molecule has 0 spiro atoms. The molecule has 3 N–H and O–H groups in total. The maximum atomic E-state index is 3.72. The minimum absolute atomic E-state index is 0.980. The van der Waals surface area contributed by atoms with Crippen molar-refractivity contribution in [1.82, 2.24) is 0 Å². The number of nitrogens with one attached hydrogen (secondary N) is 3. The maximum Gasteiger partial charge on any atom is 0.0692 e. The fourth-order valence-corrected chi connectivity index (χ4v) is 4.20. The third-order valence-corrected chi connectivity index (χ3v) is 6.13. The van der Waals surface area contributed by atoms with E-state index >= 15 is 0 Å². The van der Waals surface area contributed by atoms with Gasteiger partial charge in [0.2, 0.25) is 0 Å². The molecular weight excluding hydrogens is 414 g/mol. The van der Waals surface area contributed by atoms with Gasteiger partial charge in [0.25, 0.3) is 0 Å². The number of unbranched alkanes of at least 4 members (excludes halogenated alkanes) is 3. The van der Waals surface area contributed by atoms with Gasteiger partial charge < -0.3 is 16.0 Å². The lowest BCUT2D eigenvalue weighted by Crippen LogP contribution is -2.15. The molecule has 3 aromatic rings. The Morgan fingerprint density at radius 2 is 0.765 bits per heavy atom. The Kier molecular flexibility index (Phi) is 10.8. The van der Waals surface area contributed by atoms with Crippen LogP contribution < -0.4 is 16.0 Å². The average Bonchev–Trinajstić information content (AvgIpc) is 2.87. The molecule has 0 fully saturated rings. The van der Waals surface area contributed by atoms with Gasteiger partial charge in [-0.1, -0.05) is 94.6 Å². The van der Waals surface area contributed by atoms with Gasteiger partial charge >= 0.3 is 0 Å². The lowest BCUT2D eigenvalue weighted by Gasteiger charge is -2.26. The van der Waals surface area contributed by atoms with E-state index in [9.17, 15) is 0 Å². The van der Waals surface area contributed by atoms with Crippen molar-refractivity contribution < 1.29 is 0 Å². The Bertz CT molecular complexity index is 854. The van der Waals surface area contributed by atoms with E-state index in [0.717, 1.165) is 38.9 Å². The second kappa shape index (κ2) is 14.3. The van der Waals surface area contributed by atoms with Gasteiger partial charge in [-0.15, -0.1) is 0 Å².